The molecule has 27 heavy (non-hydrogen) atoms. The van der Waals surface area contributed by atoms with E-state index in [4.69, 9.17) is 9.53 Å². The van der Waals surface area contributed by atoms with Gasteiger partial charge in [0.1, 0.15) is 23.2 Å². The lowest BCUT2D eigenvalue weighted by atomic mass is 9.97. The van der Waals surface area contributed by atoms with Gasteiger partial charge in [0.15, 0.2) is 0 Å². The summed E-state index contributed by atoms with van der Waals surface area (Å²) in [6, 6.07) is 2.25. The van der Waals surface area contributed by atoms with Crippen LogP contribution in [0.2, 0.25) is 0 Å². The summed E-state index contributed by atoms with van der Waals surface area (Å²) in [5.41, 5.74) is 4.12. The Labute approximate surface area is 155 Å². The number of hydrogen-bond donors (Lipinski definition) is 3. The molecule has 2 heterocycles. The molecule has 2 aromatic rings. The Morgan fingerprint density at radius 3 is 2.33 bits per heavy atom. The molecule has 0 aliphatic carbocycles. The first-order chi connectivity index (χ1) is 13.0. The molecule has 1 atom stereocenters. The number of nitrogens with two attached hydrogens (primary N) is 1. The number of aromatic nitrogens is 2. The SMILES string of the molecule is CNc1cnccn1.COc1cc(F)c(C2CNC(=O)C2)c(F)c1.NC=O. The normalized spacial score (nSPS) is 14.7. The molecule has 0 radical (unpaired) electrons. The molecular weight excluding hydrogens is 360 g/mol. The number of amides is 2. The molecule has 3 rings (SSSR count). The molecule has 2 amide bonds. The summed E-state index contributed by atoms with van der Waals surface area (Å²) in [5.74, 6) is -1.02. The number of nitrogens with one attached hydrogen (secondary N) is 2. The van der Waals surface area contributed by atoms with Crippen molar-refractivity contribution in [3.05, 3.63) is 47.9 Å². The van der Waals surface area contributed by atoms with E-state index in [-0.39, 0.29) is 36.6 Å². The zero-order valence-electron chi connectivity index (χ0n) is 14.9. The minimum atomic E-state index is -0.668. The van der Waals surface area contributed by atoms with Crippen LogP contribution in [-0.4, -0.2) is 43.0 Å². The highest BCUT2D eigenvalue weighted by atomic mass is 19.1. The van der Waals surface area contributed by atoms with Crippen molar-refractivity contribution >= 4 is 18.1 Å². The van der Waals surface area contributed by atoms with Crippen LogP contribution < -0.4 is 21.1 Å². The van der Waals surface area contributed by atoms with Crippen LogP contribution in [0.3, 0.4) is 0 Å². The maximum absolute atomic E-state index is 13.6. The third-order valence-electron chi connectivity index (χ3n) is 3.49. The first-order valence-corrected chi connectivity index (χ1v) is 7.85. The average molecular weight is 381 g/mol. The van der Waals surface area contributed by atoms with Gasteiger partial charge in [0, 0.05) is 56.0 Å². The second-order valence-electron chi connectivity index (χ2n) is 5.19. The predicted molar refractivity (Wildman–Crippen MR) is 95.1 cm³/mol. The topological polar surface area (TPSA) is 119 Å². The zero-order valence-corrected chi connectivity index (χ0v) is 14.9. The van der Waals surface area contributed by atoms with Crippen molar-refractivity contribution < 1.29 is 23.1 Å². The van der Waals surface area contributed by atoms with Crippen molar-refractivity contribution in [2.45, 2.75) is 12.3 Å². The summed E-state index contributed by atoms with van der Waals surface area (Å²) in [7, 11) is 3.15. The second kappa shape index (κ2) is 11.3. The number of rotatable bonds is 3. The van der Waals surface area contributed by atoms with Crippen LogP contribution in [0.25, 0.3) is 0 Å². The number of benzene rings is 1. The number of halogens is 2. The number of methoxy groups -OCH3 is 1. The first kappa shape index (κ1) is 21.7. The molecule has 1 aliphatic rings. The fraction of sp³-hybridized carbons (Fsp3) is 0.294. The van der Waals surface area contributed by atoms with E-state index in [9.17, 15) is 13.6 Å². The molecule has 0 bridgehead atoms. The molecule has 146 valence electrons. The van der Waals surface area contributed by atoms with E-state index >= 15 is 0 Å². The summed E-state index contributed by atoms with van der Waals surface area (Å²) in [6.45, 7) is 0.277. The van der Waals surface area contributed by atoms with Crippen molar-refractivity contribution in [2.24, 2.45) is 5.73 Å². The third kappa shape index (κ3) is 6.84. The Balaban J connectivity index is 0.000000277. The molecule has 8 nitrogen and oxygen atoms in total. The summed E-state index contributed by atoms with van der Waals surface area (Å²) >= 11 is 0. The van der Waals surface area contributed by atoms with Gasteiger partial charge in [-0.05, 0) is 0 Å². The smallest absolute Gasteiger partial charge is 0.220 e. The fourth-order valence-electron chi connectivity index (χ4n) is 2.31. The molecule has 0 spiro atoms. The molecule has 1 aromatic heterocycles. The van der Waals surface area contributed by atoms with E-state index in [0.717, 1.165) is 18.0 Å². The monoisotopic (exact) mass is 381 g/mol. The Morgan fingerprint density at radius 2 is 1.96 bits per heavy atom. The summed E-state index contributed by atoms with van der Waals surface area (Å²) < 4.78 is 32.0. The van der Waals surface area contributed by atoms with Gasteiger partial charge in [0.2, 0.25) is 12.3 Å². The highest BCUT2D eigenvalue weighted by molar-refractivity contribution is 5.79. The largest absolute Gasteiger partial charge is 0.497 e. The van der Waals surface area contributed by atoms with Gasteiger partial charge >= 0.3 is 0 Å². The maximum atomic E-state index is 13.6. The van der Waals surface area contributed by atoms with Crippen LogP contribution in [-0.2, 0) is 9.59 Å². The van der Waals surface area contributed by atoms with Crippen LogP contribution in [0.4, 0.5) is 14.6 Å². The Bertz CT molecular complexity index is 724. The van der Waals surface area contributed by atoms with Crippen molar-refractivity contribution in [1.29, 1.82) is 0 Å². The van der Waals surface area contributed by atoms with E-state index in [1.165, 1.54) is 7.11 Å². The lowest BCUT2D eigenvalue weighted by Gasteiger charge is -2.11. The number of hydrogen-bond acceptors (Lipinski definition) is 6. The Hall–Kier alpha value is -3.30. The molecular formula is C17H21F2N5O3. The quantitative estimate of drug-likeness (QED) is 0.688. The van der Waals surface area contributed by atoms with E-state index in [2.05, 4.69) is 26.3 Å². The lowest BCUT2D eigenvalue weighted by Crippen LogP contribution is -2.14. The number of ether oxygens (including phenoxy) is 1. The van der Waals surface area contributed by atoms with Crippen LogP contribution in [0.15, 0.2) is 30.7 Å². The van der Waals surface area contributed by atoms with Gasteiger partial charge in [0.25, 0.3) is 0 Å². The predicted octanol–water partition coefficient (Wildman–Crippen LogP) is 1.20. The molecule has 0 saturated carbocycles. The summed E-state index contributed by atoms with van der Waals surface area (Å²) in [4.78, 5) is 27.3. The lowest BCUT2D eigenvalue weighted by molar-refractivity contribution is -0.119. The maximum Gasteiger partial charge on any atom is 0.220 e. The molecule has 4 N–H and O–H groups in total. The number of anilines is 1. The van der Waals surface area contributed by atoms with Crippen molar-refractivity contribution in [3.8, 4) is 5.75 Å². The third-order valence-corrected chi connectivity index (χ3v) is 3.49. The van der Waals surface area contributed by atoms with Crippen LogP contribution in [0.1, 0.15) is 17.9 Å². The Kier molecular flexibility index (Phi) is 9.13. The minimum absolute atomic E-state index is 0.0425. The van der Waals surface area contributed by atoms with Crippen LogP contribution in [0, 0.1) is 11.6 Å². The van der Waals surface area contributed by atoms with Gasteiger partial charge in [-0.3, -0.25) is 14.6 Å². The number of primary amides is 1. The highest BCUT2D eigenvalue weighted by Gasteiger charge is 2.28. The summed E-state index contributed by atoms with van der Waals surface area (Å²) in [6.07, 6.45) is 5.33. The van der Waals surface area contributed by atoms with Crippen molar-refractivity contribution in [1.82, 2.24) is 15.3 Å². The van der Waals surface area contributed by atoms with Gasteiger partial charge in [-0.25, -0.2) is 13.8 Å². The van der Waals surface area contributed by atoms with E-state index in [0.29, 0.717) is 0 Å². The fourth-order valence-corrected chi connectivity index (χ4v) is 2.31. The second-order valence-corrected chi connectivity index (χ2v) is 5.19. The van der Waals surface area contributed by atoms with Crippen molar-refractivity contribution in [3.63, 3.8) is 0 Å². The standard InChI is InChI=1S/C11H11F2NO2.C5H7N3.CH3NO/c1-16-7-3-8(12)11(9(13)4-7)6-2-10(15)14-5-6;1-6-5-4-7-2-3-8-5;2-1-3/h3-4,6H,2,5H2,1H3,(H,14,15);2-4H,1H3,(H,6,8);1H,(H2,2,3). The Morgan fingerprint density at radius 1 is 1.33 bits per heavy atom. The van der Waals surface area contributed by atoms with Gasteiger partial charge < -0.3 is 21.1 Å². The first-order valence-electron chi connectivity index (χ1n) is 7.85. The van der Waals surface area contributed by atoms with Gasteiger partial charge in [-0.1, -0.05) is 0 Å². The van der Waals surface area contributed by atoms with Gasteiger partial charge in [-0.15, -0.1) is 0 Å². The van der Waals surface area contributed by atoms with Crippen LogP contribution >= 0.6 is 0 Å². The number of carbonyl (C=O) groups excluding carboxylic acids is 2. The molecule has 1 unspecified atom stereocenters. The average Bonchev–Trinajstić information content (AvgIpc) is 3.08. The van der Waals surface area contributed by atoms with Gasteiger partial charge in [-0.2, -0.15) is 0 Å². The zero-order chi connectivity index (χ0) is 20.2. The van der Waals surface area contributed by atoms with Crippen molar-refractivity contribution in [2.75, 3.05) is 26.0 Å². The van der Waals surface area contributed by atoms with E-state index in [1.54, 1.807) is 18.6 Å². The molecule has 1 aromatic carbocycles. The van der Waals surface area contributed by atoms with E-state index < -0.39 is 17.6 Å². The molecule has 10 heteroatoms. The minimum Gasteiger partial charge on any atom is -0.497 e. The van der Waals surface area contributed by atoms with Crippen LogP contribution in [0.5, 0.6) is 5.75 Å². The van der Waals surface area contributed by atoms with E-state index in [1.807, 2.05) is 7.05 Å². The molecule has 1 saturated heterocycles. The highest BCUT2D eigenvalue weighted by Crippen LogP contribution is 2.30. The molecule has 1 fully saturated rings. The number of nitrogens with zero attached hydrogens (tertiary/aromatic N) is 2. The van der Waals surface area contributed by atoms with Gasteiger partial charge in [0.05, 0.1) is 13.3 Å². The molecule has 1 aliphatic heterocycles. The number of carbonyl (C=O) groups is 2. The summed E-state index contributed by atoms with van der Waals surface area (Å²) in [5, 5.41) is 5.40.